The van der Waals surface area contributed by atoms with E-state index in [4.69, 9.17) is 5.84 Å². The Balaban J connectivity index is 2.18. The first-order valence-electron chi connectivity index (χ1n) is 7.01. The van der Waals surface area contributed by atoms with Gasteiger partial charge < -0.3 is 0 Å². The molecule has 3 N–H and O–H groups in total. The van der Waals surface area contributed by atoms with Crippen molar-refractivity contribution in [3.8, 4) is 0 Å². The van der Waals surface area contributed by atoms with E-state index in [-0.39, 0.29) is 6.04 Å². The Morgan fingerprint density at radius 2 is 2.00 bits per heavy atom. The monoisotopic (exact) mass is 248 g/mol. The molecule has 0 aromatic carbocycles. The minimum Gasteiger partial charge on any atom is -0.271 e. The van der Waals surface area contributed by atoms with Crippen molar-refractivity contribution in [2.75, 3.05) is 0 Å². The van der Waals surface area contributed by atoms with Gasteiger partial charge in [0.2, 0.25) is 0 Å². The second-order valence-electron chi connectivity index (χ2n) is 5.38. The third-order valence-corrected chi connectivity index (χ3v) is 4.18. The van der Waals surface area contributed by atoms with Crippen molar-refractivity contribution in [2.24, 2.45) is 17.7 Å². The highest BCUT2D eigenvalue weighted by atomic mass is 15.3. The maximum absolute atomic E-state index is 5.76. The zero-order valence-corrected chi connectivity index (χ0v) is 11.4. The molecule has 1 aromatic rings. The van der Waals surface area contributed by atoms with Crippen LogP contribution >= 0.6 is 0 Å². The van der Waals surface area contributed by atoms with Crippen LogP contribution in [0.5, 0.6) is 0 Å². The average Bonchev–Trinajstić information content (AvgIpc) is 2.42. The molecule has 4 nitrogen and oxygen atoms in total. The molecule has 1 saturated carbocycles. The summed E-state index contributed by atoms with van der Waals surface area (Å²) in [6.45, 7) is 4.27. The van der Waals surface area contributed by atoms with Gasteiger partial charge in [-0.25, -0.2) is 15.4 Å². The van der Waals surface area contributed by atoms with Gasteiger partial charge >= 0.3 is 0 Å². The highest BCUT2D eigenvalue weighted by Crippen LogP contribution is 2.38. The fraction of sp³-hybridized carbons (Fsp3) is 0.714. The van der Waals surface area contributed by atoms with Crippen molar-refractivity contribution in [1.29, 1.82) is 0 Å². The van der Waals surface area contributed by atoms with Crippen LogP contribution in [0.4, 0.5) is 0 Å². The van der Waals surface area contributed by atoms with E-state index in [1.807, 2.05) is 19.3 Å². The molecule has 3 unspecified atom stereocenters. The number of nitrogens with zero attached hydrogens (tertiary/aromatic N) is 2. The summed E-state index contributed by atoms with van der Waals surface area (Å²) in [5, 5.41) is 0. The van der Waals surface area contributed by atoms with Crippen LogP contribution in [0.3, 0.4) is 0 Å². The smallest absolute Gasteiger partial charge is 0.146 e. The molecule has 1 heterocycles. The van der Waals surface area contributed by atoms with Crippen LogP contribution in [0, 0.1) is 18.8 Å². The lowest BCUT2D eigenvalue weighted by Crippen LogP contribution is -2.39. The van der Waals surface area contributed by atoms with E-state index in [2.05, 4.69) is 22.3 Å². The van der Waals surface area contributed by atoms with Crippen molar-refractivity contribution in [3.05, 3.63) is 23.8 Å². The van der Waals surface area contributed by atoms with Crippen LogP contribution in [0.1, 0.15) is 56.5 Å². The zero-order valence-electron chi connectivity index (χ0n) is 11.4. The third-order valence-electron chi connectivity index (χ3n) is 4.18. The van der Waals surface area contributed by atoms with Gasteiger partial charge in [-0.05, 0) is 30.7 Å². The Hall–Kier alpha value is -1.00. The molecule has 1 aromatic heterocycles. The molecule has 0 aliphatic heterocycles. The Labute approximate surface area is 109 Å². The molecule has 18 heavy (non-hydrogen) atoms. The van der Waals surface area contributed by atoms with Gasteiger partial charge in [-0.1, -0.05) is 32.6 Å². The maximum atomic E-state index is 5.76. The standard InChI is InChI=1S/C14H24N4/c1-3-11-6-4-5-7-12(11)13(18-15)14-16-8-10(2)9-17-14/h8-9,11-13,18H,3-7,15H2,1-2H3. The van der Waals surface area contributed by atoms with Crippen molar-refractivity contribution in [3.63, 3.8) is 0 Å². The quantitative estimate of drug-likeness (QED) is 0.635. The predicted octanol–water partition coefficient (Wildman–Crippen LogP) is 2.51. The highest BCUT2D eigenvalue weighted by Gasteiger charge is 2.32. The second kappa shape index (κ2) is 6.25. The lowest BCUT2D eigenvalue weighted by Gasteiger charge is -2.35. The SMILES string of the molecule is CCC1CCCCC1C(NN)c1ncc(C)cn1. The summed E-state index contributed by atoms with van der Waals surface area (Å²) in [6.07, 6.45) is 10.1. The van der Waals surface area contributed by atoms with Crippen LogP contribution in [0.2, 0.25) is 0 Å². The number of aromatic nitrogens is 2. The molecule has 0 amide bonds. The number of hydrazine groups is 1. The van der Waals surface area contributed by atoms with Gasteiger partial charge in [0, 0.05) is 12.4 Å². The molecule has 1 aliphatic rings. The first-order valence-corrected chi connectivity index (χ1v) is 7.01. The van der Waals surface area contributed by atoms with E-state index in [1.54, 1.807) is 0 Å². The molecule has 0 spiro atoms. The van der Waals surface area contributed by atoms with E-state index in [1.165, 1.54) is 32.1 Å². The highest BCUT2D eigenvalue weighted by molar-refractivity contribution is 5.06. The van der Waals surface area contributed by atoms with Crippen LogP contribution < -0.4 is 11.3 Å². The van der Waals surface area contributed by atoms with E-state index in [9.17, 15) is 0 Å². The number of nitrogens with two attached hydrogens (primary N) is 1. The Morgan fingerprint density at radius 3 is 2.61 bits per heavy atom. The van der Waals surface area contributed by atoms with E-state index in [0.717, 1.165) is 17.3 Å². The predicted molar refractivity (Wildman–Crippen MR) is 72.6 cm³/mol. The van der Waals surface area contributed by atoms with Crippen LogP contribution in [-0.4, -0.2) is 9.97 Å². The summed E-state index contributed by atoms with van der Waals surface area (Å²) in [5.41, 5.74) is 4.03. The molecule has 1 aliphatic carbocycles. The molecular weight excluding hydrogens is 224 g/mol. The van der Waals surface area contributed by atoms with Crippen molar-refractivity contribution < 1.29 is 0 Å². The fourth-order valence-electron chi connectivity index (χ4n) is 3.13. The van der Waals surface area contributed by atoms with E-state index >= 15 is 0 Å². The van der Waals surface area contributed by atoms with E-state index < -0.39 is 0 Å². The van der Waals surface area contributed by atoms with E-state index in [0.29, 0.717) is 5.92 Å². The summed E-state index contributed by atoms with van der Waals surface area (Å²) in [5.74, 6) is 7.91. The van der Waals surface area contributed by atoms with Gasteiger partial charge in [0.15, 0.2) is 0 Å². The third kappa shape index (κ3) is 2.87. The van der Waals surface area contributed by atoms with Gasteiger partial charge in [-0.15, -0.1) is 0 Å². The molecule has 4 heteroatoms. The largest absolute Gasteiger partial charge is 0.271 e. The van der Waals surface area contributed by atoms with Crippen molar-refractivity contribution >= 4 is 0 Å². The number of hydrogen-bond donors (Lipinski definition) is 2. The lowest BCUT2D eigenvalue weighted by atomic mass is 9.74. The summed E-state index contributed by atoms with van der Waals surface area (Å²) in [4.78, 5) is 8.88. The topological polar surface area (TPSA) is 63.8 Å². The second-order valence-corrected chi connectivity index (χ2v) is 5.38. The number of rotatable bonds is 4. The van der Waals surface area contributed by atoms with Crippen LogP contribution in [0.25, 0.3) is 0 Å². The van der Waals surface area contributed by atoms with Gasteiger partial charge in [-0.2, -0.15) is 0 Å². The molecule has 1 fully saturated rings. The maximum Gasteiger partial charge on any atom is 0.146 e. The molecule has 3 atom stereocenters. The minimum atomic E-state index is 0.0934. The normalized spacial score (nSPS) is 25.9. The number of nitrogens with one attached hydrogen (secondary N) is 1. The average molecular weight is 248 g/mol. The summed E-state index contributed by atoms with van der Waals surface area (Å²) < 4.78 is 0. The first kappa shape index (κ1) is 13.4. The van der Waals surface area contributed by atoms with Crippen molar-refractivity contribution in [1.82, 2.24) is 15.4 Å². The first-order chi connectivity index (χ1) is 8.76. The number of aryl methyl sites for hydroxylation is 1. The van der Waals surface area contributed by atoms with Gasteiger partial charge in [0.25, 0.3) is 0 Å². The van der Waals surface area contributed by atoms with Crippen LogP contribution in [0.15, 0.2) is 12.4 Å². The molecule has 0 radical (unpaired) electrons. The van der Waals surface area contributed by atoms with Gasteiger partial charge in [-0.3, -0.25) is 5.84 Å². The lowest BCUT2D eigenvalue weighted by molar-refractivity contribution is 0.171. The molecule has 0 saturated heterocycles. The fourth-order valence-corrected chi connectivity index (χ4v) is 3.13. The van der Waals surface area contributed by atoms with Gasteiger partial charge in [0.1, 0.15) is 5.82 Å². The number of hydrogen-bond acceptors (Lipinski definition) is 4. The zero-order chi connectivity index (χ0) is 13.0. The molecular formula is C14H24N4. The minimum absolute atomic E-state index is 0.0934. The van der Waals surface area contributed by atoms with Crippen LogP contribution in [-0.2, 0) is 0 Å². The Morgan fingerprint density at radius 1 is 1.33 bits per heavy atom. The Kier molecular flexibility index (Phi) is 4.66. The molecule has 100 valence electrons. The summed E-state index contributed by atoms with van der Waals surface area (Å²) in [6, 6.07) is 0.0934. The van der Waals surface area contributed by atoms with Crippen molar-refractivity contribution in [2.45, 2.75) is 52.0 Å². The Bertz CT molecular complexity index is 363. The molecule has 0 bridgehead atoms. The van der Waals surface area contributed by atoms with Gasteiger partial charge in [0.05, 0.1) is 6.04 Å². The molecule has 2 rings (SSSR count). The summed E-state index contributed by atoms with van der Waals surface area (Å²) >= 11 is 0. The summed E-state index contributed by atoms with van der Waals surface area (Å²) in [7, 11) is 0.